The lowest BCUT2D eigenvalue weighted by Gasteiger charge is -2.09. The van der Waals surface area contributed by atoms with Gasteiger partial charge in [0.25, 0.3) is 0 Å². The summed E-state index contributed by atoms with van der Waals surface area (Å²) >= 11 is 0. The predicted molar refractivity (Wildman–Crippen MR) is 87.8 cm³/mol. The van der Waals surface area contributed by atoms with Crippen molar-refractivity contribution in [3.8, 4) is 11.5 Å². The Kier molecular flexibility index (Phi) is 7.06. The Morgan fingerprint density at radius 2 is 1.87 bits per heavy atom. The van der Waals surface area contributed by atoms with Crippen molar-refractivity contribution < 1.29 is 24.2 Å². The molecule has 0 spiro atoms. The zero-order valence-electron chi connectivity index (χ0n) is 13.9. The van der Waals surface area contributed by atoms with Crippen LogP contribution in [-0.2, 0) is 9.53 Å². The summed E-state index contributed by atoms with van der Waals surface area (Å²) in [6, 6.07) is 4.32. The molecule has 1 aromatic carbocycles. The quantitative estimate of drug-likeness (QED) is 0.616. The third kappa shape index (κ3) is 6.38. The zero-order chi connectivity index (χ0) is 17.4. The number of ether oxygens (including phenoxy) is 2. The van der Waals surface area contributed by atoms with Gasteiger partial charge in [-0.1, -0.05) is 11.1 Å². The minimum absolute atomic E-state index is 0.0484. The van der Waals surface area contributed by atoms with Crippen LogP contribution < -0.4 is 4.74 Å². The second-order valence-corrected chi connectivity index (χ2v) is 5.39. The van der Waals surface area contributed by atoms with E-state index in [2.05, 4.69) is 4.74 Å². The van der Waals surface area contributed by atoms with E-state index in [-0.39, 0.29) is 22.8 Å². The molecule has 0 heterocycles. The maximum atomic E-state index is 11.6. The third-order valence-electron chi connectivity index (χ3n) is 2.95. The highest BCUT2D eigenvalue weighted by Crippen LogP contribution is 2.27. The van der Waals surface area contributed by atoms with Crippen molar-refractivity contribution in [3.05, 3.63) is 47.1 Å². The lowest BCUT2D eigenvalue weighted by molar-refractivity contribution is -0.110. The maximum Gasteiger partial charge on any atom is 0.337 e. The van der Waals surface area contributed by atoms with Crippen molar-refractivity contribution in [2.45, 2.75) is 27.2 Å². The number of hydrogen-bond donors (Lipinski definition) is 1. The van der Waals surface area contributed by atoms with Gasteiger partial charge in [-0.15, -0.1) is 0 Å². The van der Waals surface area contributed by atoms with Gasteiger partial charge in [0.05, 0.1) is 19.3 Å². The molecule has 0 saturated heterocycles. The van der Waals surface area contributed by atoms with Crippen molar-refractivity contribution in [2.24, 2.45) is 0 Å². The van der Waals surface area contributed by atoms with Crippen LogP contribution in [0.25, 0.3) is 0 Å². The van der Waals surface area contributed by atoms with E-state index in [1.54, 1.807) is 12.2 Å². The van der Waals surface area contributed by atoms with Crippen LogP contribution in [0.3, 0.4) is 0 Å². The number of ketones is 1. The molecule has 0 aliphatic carbocycles. The molecule has 1 N–H and O–H groups in total. The first kappa shape index (κ1) is 18.5. The second-order valence-electron chi connectivity index (χ2n) is 5.39. The van der Waals surface area contributed by atoms with E-state index < -0.39 is 5.97 Å². The summed E-state index contributed by atoms with van der Waals surface area (Å²) in [5, 5.41) is 9.84. The van der Waals surface area contributed by atoms with Crippen LogP contribution in [-0.4, -0.2) is 30.6 Å². The largest absolute Gasteiger partial charge is 0.504 e. The van der Waals surface area contributed by atoms with Crippen LogP contribution in [0.15, 0.2) is 41.5 Å². The number of allylic oxidation sites excluding steroid dienone is 3. The fourth-order valence-electron chi connectivity index (χ4n) is 1.85. The van der Waals surface area contributed by atoms with E-state index >= 15 is 0 Å². The first-order valence-corrected chi connectivity index (χ1v) is 7.23. The molecule has 1 aromatic rings. The van der Waals surface area contributed by atoms with Crippen LogP contribution in [0.1, 0.15) is 37.6 Å². The molecule has 0 saturated carbocycles. The molecule has 0 aliphatic heterocycles. The lowest BCUT2D eigenvalue weighted by Crippen LogP contribution is -2.03. The van der Waals surface area contributed by atoms with E-state index in [1.807, 2.05) is 20.8 Å². The van der Waals surface area contributed by atoms with Crippen LogP contribution in [0.4, 0.5) is 0 Å². The lowest BCUT2D eigenvalue weighted by atomic mass is 10.1. The molecule has 0 bridgehead atoms. The molecule has 0 amide bonds. The first-order valence-electron chi connectivity index (χ1n) is 7.23. The predicted octanol–water partition coefficient (Wildman–Crippen LogP) is 3.43. The SMILES string of the molecule is COC(=O)c1ccc(OCCC(C)=CC(=O)C=C(C)C)c(O)c1. The van der Waals surface area contributed by atoms with Gasteiger partial charge in [-0.25, -0.2) is 4.79 Å². The molecular formula is C18H22O5. The normalized spacial score (nSPS) is 10.9. The molecule has 0 unspecified atom stereocenters. The van der Waals surface area contributed by atoms with Gasteiger partial charge in [0.2, 0.25) is 0 Å². The second kappa shape index (κ2) is 8.78. The number of methoxy groups -OCH3 is 1. The number of phenols is 1. The van der Waals surface area contributed by atoms with Gasteiger partial charge in [-0.05, 0) is 51.1 Å². The summed E-state index contributed by atoms with van der Waals surface area (Å²) < 4.78 is 10.0. The van der Waals surface area contributed by atoms with Gasteiger partial charge >= 0.3 is 5.97 Å². The average Bonchev–Trinajstić information content (AvgIpc) is 2.46. The van der Waals surface area contributed by atoms with E-state index in [1.165, 1.54) is 25.3 Å². The molecule has 23 heavy (non-hydrogen) atoms. The molecule has 124 valence electrons. The summed E-state index contributed by atoms with van der Waals surface area (Å²) in [5.41, 5.74) is 2.09. The Morgan fingerprint density at radius 1 is 1.17 bits per heavy atom. The van der Waals surface area contributed by atoms with E-state index in [0.29, 0.717) is 13.0 Å². The number of esters is 1. The van der Waals surface area contributed by atoms with Crippen molar-refractivity contribution in [1.82, 2.24) is 0 Å². The Balaban J connectivity index is 2.59. The topological polar surface area (TPSA) is 72.8 Å². The van der Waals surface area contributed by atoms with Crippen molar-refractivity contribution in [3.63, 3.8) is 0 Å². The number of aromatic hydroxyl groups is 1. The minimum Gasteiger partial charge on any atom is -0.504 e. The van der Waals surface area contributed by atoms with Crippen LogP contribution in [0.2, 0.25) is 0 Å². The van der Waals surface area contributed by atoms with Gasteiger partial charge in [0.1, 0.15) is 0 Å². The minimum atomic E-state index is -0.525. The number of carbonyl (C=O) groups is 2. The Labute approximate surface area is 136 Å². The highest BCUT2D eigenvalue weighted by Gasteiger charge is 2.10. The van der Waals surface area contributed by atoms with Gasteiger partial charge in [-0.2, -0.15) is 0 Å². The number of phenolic OH excluding ortho intramolecular Hbond substituents is 1. The number of benzene rings is 1. The van der Waals surface area contributed by atoms with Crippen molar-refractivity contribution in [2.75, 3.05) is 13.7 Å². The maximum absolute atomic E-state index is 11.6. The summed E-state index contributed by atoms with van der Waals surface area (Å²) in [5.74, 6) is -0.424. The fraction of sp³-hybridized carbons (Fsp3) is 0.333. The first-order chi connectivity index (χ1) is 10.8. The van der Waals surface area contributed by atoms with E-state index in [9.17, 15) is 14.7 Å². The fourth-order valence-corrected chi connectivity index (χ4v) is 1.85. The average molecular weight is 318 g/mol. The monoisotopic (exact) mass is 318 g/mol. The molecular weight excluding hydrogens is 296 g/mol. The highest BCUT2D eigenvalue weighted by atomic mass is 16.5. The Bertz CT molecular complexity index is 637. The van der Waals surface area contributed by atoms with E-state index in [4.69, 9.17) is 4.74 Å². The summed E-state index contributed by atoms with van der Waals surface area (Å²) in [6.45, 7) is 5.89. The number of rotatable bonds is 7. The third-order valence-corrected chi connectivity index (χ3v) is 2.95. The van der Waals surface area contributed by atoms with Crippen molar-refractivity contribution in [1.29, 1.82) is 0 Å². The van der Waals surface area contributed by atoms with Crippen LogP contribution in [0, 0.1) is 0 Å². The summed E-state index contributed by atoms with van der Waals surface area (Å²) in [4.78, 5) is 22.9. The molecule has 0 atom stereocenters. The molecule has 0 aromatic heterocycles. The zero-order valence-corrected chi connectivity index (χ0v) is 13.9. The molecule has 1 rings (SSSR count). The summed E-state index contributed by atoms with van der Waals surface area (Å²) in [6.07, 6.45) is 3.69. The molecule has 0 fully saturated rings. The highest BCUT2D eigenvalue weighted by molar-refractivity contribution is 6.00. The standard InChI is InChI=1S/C18H22O5/c1-12(2)9-15(19)10-13(3)7-8-23-17-6-5-14(11-16(17)20)18(21)22-4/h5-6,9-11,20H,7-8H2,1-4H3. The van der Waals surface area contributed by atoms with Gasteiger partial charge in [-0.3, -0.25) is 4.79 Å². The number of carbonyl (C=O) groups excluding carboxylic acids is 2. The van der Waals surface area contributed by atoms with Crippen molar-refractivity contribution >= 4 is 11.8 Å². The van der Waals surface area contributed by atoms with Gasteiger partial charge in [0.15, 0.2) is 17.3 Å². The molecule has 5 heteroatoms. The smallest absolute Gasteiger partial charge is 0.337 e. The molecule has 5 nitrogen and oxygen atoms in total. The van der Waals surface area contributed by atoms with Gasteiger partial charge < -0.3 is 14.6 Å². The van der Waals surface area contributed by atoms with E-state index in [0.717, 1.165) is 11.1 Å². The number of hydrogen-bond acceptors (Lipinski definition) is 5. The van der Waals surface area contributed by atoms with Crippen LogP contribution in [0.5, 0.6) is 11.5 Å². The summed E-state index contributed by atoms with van der Waals surface area (Å²) in [7, 11) is 1.27. The molecule has 0 radical (unpaired) electrons. The van der Waals surface area contributed by atoms with Crippen LogP contribution >= 0.6 is 0 Å². The molecule has 0 aliphatic rings. The van der Waals surface area contributed by atoms with Gasteiger partial charge in [0, 0.05) is 6.42 Å². The Hall–Kier alpha value is -2.56. The Morgan fingerprint density at radius 3 is 2.43 bits per heavy atom.